The molecule has 116 valence electrons. The Labute approximate surface area is 127 Å². The number of nitrogens with one attached hydrogen (secondary N) is 2. The van der Waals surface area contributed by atoms with Crippen LogP contribution < -0.4 is 10.6 Å². The summed E-state index contributed by atoms with van der Waals surface area (Å²) in [5, 5.41) is 13.7. The molecule has 0 bridgehead atoms. The van der Waals surface area contributed by atoms with Crippen LogP contribution in [0.1, 0.15) is 32.1 Å². The normalized spacial score (nSPS) is 15.5. The first kappa shape index (κ1) is 14.6. The average Bonchev–Trinajstić information content (AvgIpc) is 2.52. The van der Waals surface area contributed by atoms with Crippen molar-refractivity contribution in [2.45, 2.75) is 38.1 Å². The summed E-state index contributed by atoms with van der Waals surface area (Å²) in [6, 6.07) is 3.67. The zero-order valence-corrected chi connectivity index (χ0v) is 12.0. The Bertz CT molecular complexity index is 644. The monoisotopic (exact) mass is 305 g/mol. The molecule has 1 aliphatic carbocycles. The van der Waals surface area contributed by atoms with Crippen LogP contribution in [0.2, 0.25) is 0 Å². The summed E-state index contributed by atoms with van der Waals surface area (Å²) in [6.07, 6.45) is 7.46. The smallest absolute Gasteiger partial charge is 0.249 e. The Hall–Kier alpha value is -2.31. The van der Waals surface area contributed by atoms with Gasteiger partial charge in [0.25, 0.3) is 0 Å². The number of anilines is 3. The van der Waals surface area contributed by atoms with Gasteiger partial charge >= 0.3 is 0 Å². The van der Waals surface area contributed by atoms with Crippen LogP contribution in [0, 0.1) is 11.6 Å². The van der Waals surface area contributed by atoms with Crippen LogP contribution >= 0.6 is 0 Å². The van der Waals surface area contributed by atoms with Crippen molar-refractivity contribution in [2.75, 3.05) is 10.6 Å². The van der Waals surface area contributed by atoms with E-state index in [1.54, 1.807) is 6.20 Å². The van der Waals surface area contributed by atoms with Crippen molar-refractivity contribution in [2.24, 2.45) is 0 Å². The van der Waals surface area contributed by atoms with Gasteiger partial charge in [-0.2, -0.15) is 10.1 Å². The van der Waals surface area contributed by atoms with Crippen molar-refractivity contribution in [3.05, 3.63) is 36.0 Å². The predicted molar refractivity (Wildman–Crippen MR) is 80.0 cm³/mol. The van der Waals surface area contributed by atoms with Crippen molar-refractivity contribution in [1.29, 1.82) is 0 Å². The van der Waals surface area contributed by atoms with Gasteiger partial charge in [-0.25, -0.2) is 8.78 Å². The molecule has 0 atom stereocenters. The molecule has 0 saturated heterocycles. The fraction of sp³-hybridized carbons (Fsp3) is 0.400. The van der Waals surface area contributed by atoms with E-state index in [2.05, 4.69) is 25.8 Å². The minimum atomic E-state index is -0.700. The number of nitrogens with zero attached hydrogens (tertiary/aromatic N) is 3. The van der Waals surface area contributed by atoms with Gasteiger partial charge in [0.1, 0.15) is 11.6 Å². The second-order valence-electron chi connectivity index (χ2n) is 5.39. The van der Waals surface area contributed by atoms with Crippen LogP contribution in [0.3, 0.4) is 0 Å². The molecule has 2 aromatic rings. The first-order chi connectivity index (χ1) is 10.7. The number of benzene rings is 1. The van der Waals surface area contributed by atoms with E-state index in [1.807, 2.05) is 0 Å². The molecule has 7 heteroatoms. The highest BCUT2D eigenvalue weighted by Gasteiger charge is 2.14. The maximum Gasteiger partial charge on any atom is 0.249 e. The molecule has 0 aliphatic heterocycles. The minimum absolute atomic E-state index is 0.109. The van der Waals surface area contributed by atoms with E-state index in [0.717, 1.165) is 18.9 Å². The number of aromatic nitrogens is 3. The molecule has 2 N–H and O–H groups in total. The van der Waals surface area contributed by atoms with E-state index in [9.17, 15) is 8.78 Å². The first-order valence-electron chi connectivity index (χ1n) is 7.39. The third-order valence-electron chi connectivity index (χ3n) is 3.69. The summed E-state index contributed by atoms with van der Waals surface area (Å²) in [6.45, 7) is 0. The molecule has 3 rings (SSSR count). The molecule has 0 radical (unpaired) electrons. The molecule has 22 heavy (non-hydrogen) atoms. The SMILES string of the molecule is Fc1ccc(Nc2nncc(NC3CCCCC3)n2)c(F)c1. The molecule has 1 saturated carbocycles. The largest absolute Gasteiger partial charge is 0.366 e. The molecule has 0 amide bonds. The Morgan fingerprint density at radius 2 is 1.91 bits per heavy atom. The summed E-state index contributed by atoms with van der Waals surface area (Å²) in [4.78, 5) is 4.27. The number of hydrogen-bond donors (Lipinski definition) is 2. The van der Waals surface area contributed by atoms with Crippen LogP contribution in [0.5, 0.6) is 0 Å². The summed E-state index contributed by atoms with van der Waals surface area (Å²) in [5.41, 5.74) is 0.109. The van der Waals surface area contributed by atoms with E-state index in [1.165, 1.54) is 31.4 Å². The van der Waals surface area contributed by atoms with E-state index in [4.69, 9.17) is 0 Å². The van der Waals surface area contributed by atoms with Gasteiger partial charge in [-0.15, -0.1) is 5.10 Å². The van der Waals surface area contributed by atoms with Gasteiger partial charge in [-0.05, 0) is 25.0 Å². The lowest BCUT2D eigenvalue weighted by Gasteiger charge is -2.23. The van der Waals surface area contributed by atoms with Gasteiger partial charge in [-0.3, -0.25) is 0 Å². The van der Waals surface area contributed by atoms with Crippen molar-refractivity contribution < 1.29 is 8.78 Å². The molecule has 1 heterocycles. The van der Waals surface area contributed by atoms with Gasteiger partial charge in [0.05, 0.1) is 11.9 Å². The Kier molecular flexibility index (Phi) is 4.41. The molecule has 5 nitrogen and oxygen atoms in total. The summed E-state index contributed by atoms with van der Waals surface area (Å²) in [5.74, 6) is -0.553. The van der Waals surface area contributed by atoms with Crippen LogP contribution in [0.15, 0.2) is 24.4 Å². The highest BCUT2D eigenvalue weighted by atomic mass is 19.1. The standard InChI is InChI=1S/C15H17F2N5/c16-10-6-7-13(12(17)8-10)20-15-21-14(9-18-22-15)19-11-4-2-1-3-5-11/h6-9,11H,1-5H2,(H2,19,20,21,22). The molecule has 1 aromatic heterocycles. The van der Waals surface area contributed by atoms with E-state index >= 15 is 0 Å². The number of halogens is 2. The highest BCUT2D eigenvalue weighted by molar-refractivity contribution is 5.54. The van der Waals surface area contributed by atoms with Crippen LogP contribution in [0.4, 0.5) is 26.2 Å². The lowest BCUT2D eigenvalue weighted by atomic mass is 9.96. The van der Waals surface area contributed by atoms with Gasteiger partial charge < -0.3 is 10.6 Å². The van der Waals surface area contributed by atoms with Gasteiger partial charge in [0.2, 0.25) is 5.95 Å². The van der Waals surface area contributed by atoms with E-state index < -0.39 is 11.6 Å². The van der Waals surface area contributed by atoms with E-state index in [-0.39, 0.29) is 11.6 Å². The first-order valence-corrected chi connectivity index (χ1v) is 7.39. The third kappa shape index (κ3) is 3.66. The molecular formula is C15H17F2N5. The number of hydrogen-bond acceptors (Lipinski definition) is 5. The summed E-state index contributed by atoms with van der Waals surface area (Å²) >= 11 is 0. The molecule has 0 unspecified atom stereocenters. The number of rotatable bonds is 4. The maximum absolute atomic E-state index is 13.6. The predicted octanol–water partition coefficient (Wildman–Crippen LogP) is 3.64. The molecule has 1 fully saturated rings. The van der Waals surface area contributed by atoms with Gasteiger partial charge in [-0.1, -0.05) is 19.3 Å². The molecular weight excluding hydrogens is 288 g/mol. The quantitative estimate of drug-likeness (QED) is 0.903. The Morgan fingerprint density at radius 1 is 1.09 bits per heavy atom. The van der Waals surface area contributed by atoms with Crippen molar-refractivity contribution in [1.82, 2.24) is 15.2 Å². The van der Waals surface area contributed by atoms with Crippen molar-refractivity contribution in [3.63, 3.8) is 0 Å². The summed E-state index contributed by atoms with van der Waals surface area (Å²) < 4.78 is 26.5. The van der Waals surface area contributed by atoms with E-state index in [0.29, 0.717) is 11.9 Å². The fourth-order valence-electron chi connectivity index (χ4n) is 2.59. The average molecular weight is 305 g/mol. The lowest BCUT2D eigenvalue weighted by molar-refractivity contribution is 0.461. The van der Waals surface area contributed by atoms with Crippen molar-refractivity contribution >= 4 is 17.5 Å². The maximum atomic E-state index is 13.6. The Balaban J connectivity index is 1.70. The topological polar surface area (TPSA) is 62.7 Å². The van der Waals surface area contributed by atoms with Crippen LogP contribution in [-0.2, 0) is 0 Å². The molecule has 0 spiro atoms. The van der Waals surface area contributed by atoms with Crippen molar-refractivity contribution in [3.8, 4) is 0 Å². The second-order valence-corrected chi connectivity index (χ2v) is 5.39. The molecule has 1 aliphatic rings. The van der Waals surface area contributed by atoms with Crippen LogP contribution in [-0.4, -0.2) is 21.2 Å². The molecule has 1 aromatic carbocycles. The Morgan fingerprint density at radius 3 is 2.68 bits per heavy atom. The van der Waals surface area contributed by atoms with Gasteiger partial charge in [0.15, 0.2) is 5.82 Å². The lowest BCUT2D eigenvalue weighted by Crippen LogP contribution is -2.23. The summed E-state index contributed by atoms with van der Waals surface area (Å²) in [7, 11) is 0. The van der Waals surface area contributed by atoms with Crippen LogP contribution in [0.25, 0.3) is 0 Å². The third-order valence-corrected chi connectivity index (χ3v) is 3.69. The highest BCUT2D eigenvalue weighted by Crippen LogP contribution is 2.22. The fourth-order valence-corrected chi connectivity index (χ4v) is 2.59. The second kappa shape index (κ2) is 6.64. The van der Waals surface area contributed by atoms with Gasteiger partial charge in [0, 0.05) is 12.1 Å². The zero-order valence-electron chi connectivity index (χ0n) is 12.0. The zero-order chi connectivity index (χ0) is 15.4. The minimum Gasteiger partial charge on any atom is -0.366 e.